The second kappa shape index (κ2) is 6.59. The summed E-state index contributed by atoms with van der Waals surface area (Å²) in [5.41, 5.74) is -0.212. The van der Waals surface area contributed by atoms with Crippen molar-refractivity contribution in [3.63, 3.8) is 0 Å². The molecular formula is C11H14O4. The minimum Gasteiger partial charge on any atom is -0.478 e. The van der Waals surface area contributed by atoms with Crippen molar-refractivity contribution in [1.82, 2.24) is 0 Å². The highest BCUT2D eigenvalue weighted by Crippen LogP contribution is 2.14. The van der Waals surface area contributed by atoms with E-state index < -0.39 is 11.9 Å². The molecule has 0 saturated carbocycles. The van der Waals surface area contributed by atoms with Gasteiger partial charge < -0.3 is 10.2 Å². The lowest BCUT2D eigenvalue weighted by Gasteiger charge is -2.04. The summed E-state index contributed by atoms with van der Waals surface area (Å²) in [4.78, 5) is 21.6. The van der Waals surface area contributed by atoms with Crippen LogP contribution >= 0.6 is 0 Å². The number of hydrogen-bond donors (Lipinski definition) is 2. The zero-order valence-corrected chi connectivity index (χ0v) is 8.56. The maximum atomic E-state index is 10.8. The highest BCUT2D eigenvalue weighted by Gasteiger charge is 2.17. The predicted molar refractivity (Wildman–Crippen MR) is 56.5 cm³/mol. The standard InChI is InChI=1S/C11H14O4/c1-3-5-7-9(11(14)15)8(6-4-2)10(12)13/h3-5H,2,6-7H2,1H3,(H,12,13)(H,14,15). The van der Waals surface area contributed by atoms with Gasteiger partial charge in [-0.25, -0.2) is 9.59 Å². The third-order valence-corrected chi connectivity index (χ3v) is 1.79. The lowest BCUT2D eigenvalue weighted by atomic mass is 10.0. The fraction of sp³-hybridized carbons (Fsp3) is 0.273. The SMILES string of the molecule is C=CCC(C(=O)O)=C(CC=CC)C(=O)O. The molecule has 0 aromatic carbocycles. The minimum absolute atomic E-state index is 0.0501. The van der Waals surface area contributed by atoms with Crippen LogP contribution in [0.5, 0.6) is 0 Å². The van der Waals surface area contributed by atoms with E-state index in [0.29, 0.717) is 0 Å². The highest BCUT2D eigenvalue weighted by atomic mass is 16.4. The molecule has 0 aliphatic rings. The Balaban J connectivity index is 5.22. The van der Waals surface area contributed by atoms with Crippen LogP contribution in [0.3, 0.4) is 0 Å². The molecule has 0 saturated heterocycles. The molecule has 0 atom stereocenters. The van der Waals surface area contributed by atoms with Crippen LogP contribution < -0.4 is 0 Å². The third-order valence-electron chi connectivity index (χ3n) is 1.79. The van der Waals surface area contributed by atoms with E-state index in [2.05, 4.69) is 6.58 Å². The van der Waals surface area contributed by atoms with Crippen molar-refractivity contribution in [2.45, 2.75) is 19.8 Å². The van der Waals surface area contributed by atoms with Gasteiger partial charge in [-0.3, -0.25) is 0 Å². The number of rotatable bonds is 6. The smallest absolute Gasteiger partial charge is 0.332 e. The maximum Gasteiger partial charge on any atom is 0.332 e. The summed E-state index contributed by atoms with van der Waals surface area (Å²) in [6.07, 6.45) is 4.82. The third kappa shape index (κ3) is 4.26. The van der Waals surface area contributed by atoms with Crippen molar-refractivity contribution < 1.29 is 19.8 Å². The minimum atomic E-state index is -1.21. The predicted octanol–water partition coefficient (Wildman–Crippen LogP) is 1.99. The molecule has 0 radical (unpaired) electrons. The van der Waals surface area contributed by atoms with Crippen LogP contribution in [0.25, 0.3) is 0 Å². The van der Waals surface area contributed by atoms with Crippen molar-refractivity contribution in [1.29, 1.82) is 0 Å². The van der Waals surface area contributed by atoms with Gasteiger partial charge in [0.1, 0.15) is 0 Å². The Morgan fingerprint density at radius 3 is 1.93 bits per heavy atom. The van der Waals surface area contributed by atoms with Gasteiger partial charge in [-0.15, -0.1) is 6.58 Å². The number of carboxylic acid groups (broad SMARTS) is 2. The fourth-order valence-corrected chi connectivity index (χ4v) is 1.06. The fourth-order valence-electron chi connectivity index (χ4n) is 1.06. The lowest BCUT2D eigenvalue weighted by molar-refractivity contribution is -0.136. The van der Waals surface area contributed by atoms with Gasteiger partial charge in [0.05, 0.1) is 11.1 Å². The Morgan fingerprint density at radius 2 is 1.60 bits per heavy atom. The Labute approximate surface area is 88.2 Å². The van der Waals surface area contributed by atoms with Gasteiger partial charge in [-0.05, 0) is 19.8 Å². The maximum absolute atomic E-state index is 10.8. The summed E-state index contributed by atoms with van der Waals surface area (Å²) in [6.45, 7) is 5.14. The zero-order valence-electron chi connectivity index (χ0n) is 8.56. The number of hydrogen-bond acceptors (Lipinski definition) is 2. The van der Waals surface area contributed by atoms with Crippen molar-refractivity contribution in [3.05, 3.63) is 36.0 Å². The summed E-state index contributed by atoms with van der Waals surface area (Å²) in [6, 6.07) is 0. The zero-order chi connectivity index (χ0) is 11.8. The summed E-state index contributed by atoms with van der Waals surface area (Å²) in [7, 11) is 0. The monoisotopic (exact) mass is 210 g/mol. The van der Waals surface area contributed by atoms with E-state index in [1.54, 1.807) is 19.1 Å². The van der Waals surface area contributed by atoms with Crippen LogP contribution in [0.2, 0.25) is 0 Å². The van der Waals surface area contributed by atoms with Crippen LogP contribution in [0.4, 0.5) is 0 Å². The van der Waals surface area contributed by atoms with Crippen molar-refractivity contribution >= 4 is 11.9 Å². The number of carboxylic acids is 2. The van der Waals surface area contributed by atoms with E-state index in [1.807, 2.05) is 0 Å². The summed E-state index contributed by atoms with van der Waals surface area (Å²) in [5, 5.41) is 17.7. The molecule has 0 aromatic rings. The summed E-state index contributed by atoms with van der Waals surface area (Å²) in [5.74, 6) is -2.41. The largest absolute Gasteiger partial charge is 0.478 e. The molecule has 0 amide bonds. The van der Waals surface area contributed by atoms with Gasteiger partial charge in [-0.1, -0.05) is 18.2 Å². The summed E-state index contributed by atoms with van der Waals surface area (Å²) < 4.78 is 0. The van der Waals surface area contributed by atoms with Crippen LogP contribution in [-0.4, -0.2) is 22.2 Å². The molecule has 15 heavy (non-hydrogen) atoms. The van der Waals surface area contributed by atoms with Crippen molar-refractivity contribution in [2.75, 3.05) is 0 Å². The first-order valence-corrected chi connectivity index (χ1v) is 4.45. The van der Waals surface area contributed by atoms with E-state index in [4.69, 9.17) is 10.2 Å². The normalized spacial score (nSPS) is 12.3. The first-order valence-electron chi connectivity index (χ1n) is 4.45. The molecular weight excluding hydrogens is 196 g/mol. The van der Waals surface area contributed by atoms with Crippen molar-refractivity contribution in [2.24, 2.45) is 0 Å². The van der Waals surface area contributed by atoms with Crippen molar-refractivity contribution in [3.8, 4) is 0 Å². The van der Waals surface area contributed by atoms with Crippen LogP contribution in [0.1, 0.15) is 19.8 Å². The van der Waals surface area contributed by atoms with Gasteiger partial charge in [0.15, 0.2) is 0 Å². The van der Waals surface area contributed by atoms with E-state index in [0.717, 1.165) is 0 Å². The van der Waals surface area contributed by atoms with E-state index in [9.17, 15) is 9.59 Å². The van der Waals surface area contributed by atoms with Gasteiger partial charge in [-0.2, -0.15) is 0 Å². The average molecular weight is 210 g/mol. The van der Waals surface area contributed by atoms with Crippen LogP contribution in [-0.2, 0) is 9.59 Å². The molecule has 0 aromatic heterocycles. The number of carbonyl (C=O) groups is 2. The average Bonchev–Trinajstić information content (AvgIpc) is 2.16. The molecule has 0 bridgehead atoms. The molecule has 0 fully saturated rings. The van der Waals surface area contributed by atoms with Gasteiger partial charge in [0.2, 0.25) is 0 Å². The summed E-state index contributed by atoms with van der Waals surface area (Å²) >= 11 is 0. The molecule has 0 aliphatic heterocycles. The second-order valence-electron chi connectivity index (χ2n) is 2.83. The molecule has 82 valence electrons. The van der Waals surface area contributed by atoms with Gasteiger partial charge in [0, 0.05) is 0 Å². The second-order valence-corrected chi connectivity index (χ2v) is 2.83. The van der Waals surface area contributed by atoms with Gasteiger partial charge >= 0.3 is 11.9 Å². The quantitative estimate of drug-likeness (QED) is 0.519. The van der Waals surface area contributed by atoms with E-state index in [-0.39, 0.29) is 24.0 Å². The Bertz CT molecular complexity index is 323. The van der Waals surface area contributed by atoms with Crippen LogP contribution in [0, 0.1) is 0 Å². The number of allylic oxidation sites excluding steroid dienone is 3. The molecule has 0 spiro atoms. The lowest BCUT2D eigenvalue weighted by Crippen LogP contribution is -2.10. The molecule has 4 heteroatoms. The molecule has 0 aliphatic carbocycles. The van der Waals surface area contributed by atoms with Crippen LogP contribution in [0.15, 0.2) is 36.0 Å². The van der Waals surface area contributed by atoms with E-state index >= 15 is 0 Å². The molecule has 0 unspecified atom stereocenters. The molecule has 0 rings (SSSR count). The van der Waals surface area contributed by atoms with E-state index in [1.165, 1.54) is 6.08 Å². The Kier molecular flexibility index (Phi) is 5.78. The molecule has 2 N–H and O–H groups in total. The Hall–Kier alpha value is -1.84. The first-order chi connectivity index (χ1) is 7.04. The Morgan fingerprint density at radius 1 is 1.13 bits per heavy atom. The molecule has 0 heterocycles. The topological polar surface area (TPSA) is 74.6 Å². The highest BCUT2D eigenvalue weighted by molar-refractivity contribution is 5.99. The first kappa shape index (κ1) is 13.2. The molecule has 4 nitrogen and oxygen atoms in total. The number of aliphatic carboxylic acids is 2. The van der Waals surface area contributed by atoms with Gasteiger partial charge in [0.25, 0.3) is 0 Å².